The first-order valence-electron chi connectivity index (χ1n) is 6.78. The molecule has 2 heterocycles. The minimum Gasteiger partial charge on any atom is -0.378 e. The molecular weight excluding hydrogens is 272 g/mol. The second-order valence-corrected chi connectivity index (χ2v) is 4.87. The van der Waals surface area contributed by atoms with Crippen molar-refractivity contribution in [1.29, 1.82) is 0 Å². The van der Waals surface area contributed by atoms with E-state index in [-0.39, 0.29) is 11.5 Å². The van der Waals surface area contributed by atoms with Gasteiger partial charge in [0.2, 0.25) is 11.9 Å². The van der Waals surface area contributed by atoms with Gasteiger partial charge in [0, 0.05) is 20.0 Å². The van der Waals surface area contributed by atoms with E-state index in [1.165, 1.54) is 6.92 Å². The predicted octanol–water partition coefficient (Wildman–Crippen LogP) is 0.718. The van der Waals surface area contributed by atoms with Gasteiger partial charge in [-0.05, 0) is 12.1 Å². The third-order valence-corrected chi connectivity index (χ3v) is 3.35. The van der Waals surface area contributed by atoms with Gasteiger partial charge >= 0.3 is 0 Å². The van der Waals surface area contributed by atoms with Gasteiger partial charge in [-0.1, -0.05) is 6.07 Å². The number of nitrogens with one attached hydrogen (secondary N) is 2. The van der Waals surface area contributed by atoms with Crippen LogP contribution in [0.4, 0.5) is 11.6 Å². The van der Waals surface area contributed by atoms with Crippen molar-refractivity contribution in [1.82, 2.24) is 9.97 Å². The molecule has 0 spiro atoms. The third-order valence-electron chi connectivity index (χ3n) is 3.35. The van der Waals surface area contributed by atoms with E-state index in [0.29, 0.717) is 48.8 Å². The molecule has 0 bridgehead atoms. The summed E-state index contributed by atoms with van der Waals surface area (Å²) in [6.07, 6.45) is 0. The quantitative estimate of drug-likeness (QED) is 0.850. The Morgan fingerprint density at radius 1 is 1.38 bits per heavy atom. The van der Waals surface area contributed by atoms with Crippen LogP contribution in [0.25, 0.3) is 10.9 Å². The van der Waals surface area contributed by atoms with Crippen molar-refractivity contribution in [2.24, 2.45) is 0 Å². The van der Waals surface area contributed by atoms with Gasteiger partial charge in [0.05, 0.1) is 24.3 Å². The second kappa shape index (κ2) is 5.53. The molecule has 1 fully saturated rings. The van der Waals surface area contributed by atoms with Crippen LogP contribution in [-0.4, -0.2) is 42.2 Å². The zero-order valence-corrected chi connectivity index (χ0v) is 11.7. The highest BCUT2D eigenvalue weighted by atomic mass is 16.5. The minimum atomic E-state index is -0.214. The maximum atomic E-state index is 12.2. The van der Waals surface area contributed by atoms with Crippen molar-refractivity contribution in [2.75, 3.05) is 36.5 Å². The lowest BCUT2D eigenvalue weighted by atomic mass is 10.2. The van der Waals surface area contributed by atoms with Crippen LogP contribution in [0.3, 0.4) is 0 Å². The summed E-state index contributed by atoms with van der Waals surface area (Å²) < 4.78 is 5.30. The average Bonchev–Trinajstić information content (AvgIpc) is 2.48. The largest absolute Gasteiger partial charge is 0.378 e. The third kappa shape index (κ3) is 2.73. The highest BCUT2D eigenvalue weighted by Gasteiger charge is 2.16. The summed E-state index contributed by atoms with van der Waals surface area (Å²) in [7, 11) is 0. The number of carbonyl (C=O) groups is 1. The number of hydrogen-bond donors (Lipinski definition) is 2. The van der Waals surface area contributed by atoms with Crippen molar-refractivity contribution < 1.29 is 9.53 Å². The SMILES string of the molecule is CC(=O)Nc1cccc2c(=O)[nH]c(N3CCOCC3)nc12. The second-order valence-electron chi connectivity index (χ2n) is 4.87. The fourth-order valence-electron chi connectivity index (χ4n) is 2.37. The molecule has 2 aromatic rings. The molecule has 1 aliphatic rings. The number of fused-ring (bicyclic) bond motifs is 1. The Morgan fingerprint density at radius 3 is 2.86 bits per heavy atom. The summed E-state index contributed by atoms with van der Waals surface area (Å²) in [5.41, 5.74) is 0.826. The summed E-state index contributed by atoms with van der Waals surface area (Å²) in [5, 5.41) is 3.16. The summed E-state index contributed by atoms with van der Waals surface area (Å²) >= 11 is 0. The Labute approximate surface area is 120 Å². The summed E-state index contributed by atoms with van der Waals surface area (Å²) in [6.45, 7) is 3.99. The molecule has 1 aromatic carbocycles. The summed E-state index contributed by atoms with van der Waals surface area (Å²) in [4.78, 5) is 32.8. The maximum Gasteiger partial charge on any atom is 0.260 e. The number of anilines is 2. The van der Waals surface area contributed by atoms with Crippen LogP contribution in [0.15, 0.2) is 23.0 Å². The van der Waals surface area contributed by atoms with Crippen LogP contribution in [0.1, 0.15) is 6.92 Å². The Kier molecular flexibility index (Phi) is 3.57. The van der Waals surface area contributed by atoms with Gasteiger partial charge in [-0.15, -0.1) is 0 Å². The number of aromatic nitrogens is 2. The van der Waals surface area contributed by atoms with E-state index in [1.54, 1.807) is 18.2 Å². The van der Waals surface area contributed by atoms with E-state index in [2.05, 4.69) is 15.3 Å². The fraction of sp³-hybridized carbons (Fsp3) is 0.357. The molecule has 0 aliphatic carbocycles. The van der Waals surface area contributed by atoms with Crippen LogP contribution in [0.2, 0.25) is 0 Å². The molecule has 1 saturated heterocycles. The molecule has 0 radical (unpaired) electrons. The van der Waals surface area contributed by atoms with E-state index >= 15 is 0 Å². The van der Waals surface area contributed by atoms with Gasteiger partial charge in [-0.3, -0.25) is 14.6 Å². The predicted molar refractivity (Wildman–Crippen MR) is 79.7 cm³/mol. The molecule has 2 N–H and O–H groups in total. The lowest BCUT2D eigenvalue weighted by Gasteiger charge is -2.27. The topological polar surface area (TPSA) is 87.3 Å². The van der Waals surface area contributed by atoms with E-state index in [4.69, 9.17) is 4.74 Å². The molecule has 1 aliphatic heterocycles. The van der Waals surface area contributed by atoms with Gasteiger partial charge in [-0.2, -0.15) is 0 Å². The lowest BCUT2D eigenvalue weighted by molar-refractivity contribution is -0.114. The van der Waals surface area contributed by atoms with Crippen LogP contribution < -0.4 is 15.8 Å². The molecule has 7 heteroatoms. The van der Waals surface area contributed by atoms with Gasteiger partial charge in [-0.25, -0.2) is 4.98 Å². The summed E-state index contributed by atoms with van der Waals surface area (Å²) in [5.74, 6) is 0.311. The molecule has 21 heavy (non-hydrogen) atoms. The number of rotatable bonds is 2. The number of hydrogen-bond acceptors (Lipinski definition) is 5. The Morgan fingerprint density at radius 2 is 2.14 bits per heavy atom. The molecule has 0 atom stereocenters. The van der Waals surface area contributed by atoms with E-state index < -0.39 is 0 Å². The molecule has 0 unspecified atom stereocenters. The average molecular weight is 288 g/mol. The van der Waals surface area contributed by atoms with Crippen molar-refractivity contribution in [3.8, 4) is 0 Å². The van der Waals surface area contributed by atoms with Crippen LogP contribution >= 0.6 is 0 Å². The number of benzene rings is 1. The van der Waals surface area contributed by atoms with Gasteiger partial charge in [0.1, 0.15) is 5.52 Å². The van der Waals surface area contributed by atoms with Crippen LogP contribution in [-0.2, 0) is 9.53 Å². The van der Waals surface area contributed by atoms with Crippen LogP contribution in [0, 0.1) is 0 Å². The van der Waals surface area contributed by atoms with Gasteiger partial charge in [0.15, 0.2) is 0 Å². The first-order chi connectivity index (χ1) is 10.1. The van der Waals surface area contributed by atoms with Crippen LogP contribution in [0.5, 0.6) is 0 Å². The van der Waals surface area contributed by atoms with Crippen molar-refractivity contribution in [3.63, 3.8) is 0 Å². The Balaban J connectivity index is 2.11. The molecule has 110 valence electrons. The number of amides is 1. The Hall–Kier alpha value is -2.41. The first kappa shape index (κ1) is 13.6. The number of H-pyrrole nitrogens is 1. The molecule has 0 saturated carbocycles. The number of nitrogens with zero attached hydrogens (tertiary/aromatic N) is 2. The Bertz CT molecular complexity index is 735. The highest BCUT2D eigenvalue weighted by Crippen LogP contribution is 2.21. The number of ether oxygens (including phenoxy) is 1. The fourth-order valence-corrected chi connectivity index (χ4v) is 2.37. The standard InChI is InChI=1S/C14H16N4O3/c1-9(19)15-11-4-2-3-10-12(11)16-14(17-13(10)20)18-5-7-21-8-6-18/h2-4H,5-8H2,1H3,(H,15,19)(H,16,17,20). The van der Waals surface area contributed by atoms with Crippen molar-refractivity contribution in [2.45, 2.75) is 6.92 Å². The maximum absolute atomic E-state index is 12.2. The zero-order valence-electron chi connectivity index (χ0n) is 11.7. The van der Waals surface area contributed by atoms with Gasteiger partial charge < -0.3 is 15.0 Å². The molecule has 1 aromatic heterocycles. The number of para-hydroxylation sites is 1. The number of morpholine rings is 1. The van der Waals surface area contributed by atoms with E-state index in [0.717, 1.165) is 0 Å². The molecule has 1 amide bonds. The monoisotopic (exact) mass is 288 g/mol. The van der Waals surface area contributed by atoms with Gasteiger partial charge in [0.25, 0.3) is 5.56 Å². The first-order valence-corrected chi connectivity index (χ1v) is 6.78. The van der Waals surface area contributed by atoms with Crippen molar-refractivity contribution in [3.05, 3.63) is 28.6 Å². The van der Waals surface area contributed by atoms with Crippen molar-refractivity contribution >= 4 is 28.4 Å². The molecule has 7 nitrogen and oxygen atoms in total. The van der Waals surface area contributed by atoms with E-state index in [1.807, 2.05) is 4.90 Å². The molecule has 3 rings (SSSR count). The zero-order chi connectivity index (χ0) is 14.8. The smallest absolute Gasteiger partial charge is 0.260 e. The minimum absolute atomic E-state index is 0.197. The highest BCUT2D eigenvalue weighted by molar-refractivity contribution is 5.99. The molecular formula is C14H16N4O3. The lowest BCUT2D eigenvalue weighted by Crippen LogP contribution is -2.38. The normalized spacial score (nSPS) is 15.2. The number of carbonyl (C=O) groups excluding carboxylic acids is 1. The summed E-state index contributed by atoms with van der Waals surface area (Å²) in [6, 6.07) is 5.15. The van der Waals surface area contributed by atoms with E-state index in [9.17, 15) is 9.59 Å². The number of aromatic amines is 1.